The van der Waals surface area contributed by atoms with Crippen LogP contribution in [0.5, 0.6) is 0 Å². The van der Waals surface area contributed by atoms with Gasteiger partial charge in [-0.05, 0) is 25.7 Å². The van der Waals surface area contributed by atoms with Crippen LogP contribution >= 0.6 is 11.8 Å². The second-order valence-electron chi connectivity index (χ2n) is 3.82. The fraction of sp³-hybridized carbons (Fsp3) is 0.545. The quantitative estimate of drug-likeness (QED) is 0.625. The summed E-state index contributed by atoms with van der Waals surface area (Å²) in [6.07, 6.45) is 1.30. The molecule has 0 aromatic carbocycles. The third kappa shape index (κ3) is 4.22. The maximum atomic E-state index is 10.6. The number of pyridine rings is 1. The Morgan fingerprint density at radius 1 is 1.65 bits per heavy atom. The molecule has 1 N–H and O–H groups in total. The summed E-state index contributed by atoms with van der Waals surface area (Å²) < 4.78 is 0. The predicted molar refractivity (Wildman–Crippen MR) is 71.7 cm³/mol. The van der Waals surface area contributed by atoms with Crippen LogP contribution in [0.25, 0.3) is 0 Å². The summed E-state index contributed by atoms with van der Waals surface area (Å²) >= 11 is 1.85. The third-order valence-corrected chi connectivity index (χ3v) is 3.39. The highest BCUT2D eigenvalue weighted by molar-refractivity contribution is 7.99. The molecule has 0 spiro atoms. The number of hydrogen-bond donors (Lipinski definition) is 1. The molecule has 1 rings (SSSR count). The topological polar surface area (TPSA) is 68.1 Å². The van der Waals surface area contributed by atoms with Gasteiger partial charge in [0.2, 0.25) is 0 Å². The van der Waals surface area contributed by atoms with Gasteiger partial charge in [-0.15, -0.1) is 0 Å². The van der Waals surface area contributed by atoms with Crippen molar-refractivity contribution < 1.29 is 4.92 Å². The smallest absolute Gasteiger partial charge is 0.290 e. The minimum absolute atomic E-state index is 0.0612. The fourth-order valence-corrected chi connectivity index (χ4v) is 2.08. The lowest BCUT2D eigenvalue weighted by Gasteiger charge is -2.13. The zero-order chi connectivity index (χ0) is 12.8. The van der Waals surface area contributed by atoms with Crippen molar-refractivity contribution in [3.63, 3.8) is 0 Å². The number of thioether (sulfide) groups is 1. The van der Waals surface area contributed by atoms with E-state index in [1.165, 1.54) is 6.20 Å². The van der Waals surface area contributed by atoms with Gasteiger partial charge in [0.05, 0.1) is 4.92 Å². The number of anilines is 1. The van der Waals surface area contributed by atoms with E-state index < -0.39 is 4.92 Å². The van der Waals surface area contributed by atoms with Crippen molar-refractivity contribution >= 4 is 23.3 Å². The first-order valence-corrected chi connectivity index (χ1v) is 6.65. The van der Waals surface area contributed by atoms with Crippen molar-refractivity contribution in [1.29, 1.82) is 0 Å². The van der Waals surface area contributed by atoms with E-state index in [0.29, 0.717) is 17.4 Å². The lowest BCUT2D eigenvalue weighted by molar-refractivity contribution is -0.385. The fourth-order valence-electron chi connectivity index (χ4n) is 1.41. The number of nitrogens with zero attached hydrogens (tertiary/aromatic N) is 2. The molecule has 5 nitrogen and oxygen atoms in total. The Labute approximate surface area is 105 Å². The largest absolute Gasteiger partial charge is 0.367 e. The first kappa shape index (κ1) is 13.8. The summed E-state index contributed by atoms with van der Waals surface area (Å²) in [4.78, 5) is 14.3. The molecule has 0 aliphatic carbocycles. The first-order chi connectivity index (χ1) is 8.04. The molecular formula is C11H17N3O2S. The molecule has 0 saturated heterocycles. The Morgan fingerprint density at radius 2 is 2.35 bits per heavy atom. The van der Waals surface area contributed by atoms with E-state index in [1.54, 1.807) is 13.0 Å². The highest BCUT2D eigenvalue weighted by atomic mass is 32.2. The molecule has 1 atom stereocenters. The molecule has 0 amide bonds. The molecule has 1 unspecified atom stereocenters. The number of hydrogen-bond acceptors (Lipinski definition) is 5. The molecule has 1 aromatic rings. The molecule has 0 bridgehead atoms. The number of nitro groups is 1. The Kier molecular flexibility index (Phi) is 5.21. The average Bonchev–Trinajstić information content (AvgIpc) is 2.26. The van der Waals surface area contributed by atoms with Gasteiger partial charge in [0, 0.05) is 17.4 Å². The molecule has 6 heteroatoms. The van der Waals surface area contributed by atoms with E-state index in [4.69, 9.17) is 0 Å². The van der Waals surface area contributed by atoms with E-state index in [2.05, 4.69) is 24.1 Å². The van der Waals surface area contributed by atoms with Gasteiger partial charge in [-0.1, -0.05) is 6.92 Å². The van der Waals surface area contributed by atoms with Gasteiger partial charge in [-0.3, -0.25) is 10.1 Å². The van der Waals surface area contributed by atoms with Gasteiger partial charge in [0.1, 0.15) is 12.0 Å². The maximum Gasteiger partial charge on any atom is 0.290 e. The van der Waals surface area contributed by atoms with Crippen molar-refractivity contribution in [2.45, 2.75) is 26.8 Å². The molecular weight excluding hydrogens is 238 g/mol. The van der Waals surface area contributed by atoms with Crippen molar-refractivity contribution in [1.82, 2.24) is 4.98 Å². The molecule has 1 heterocycles. The zero-order valence-electron chi connectivity index (χ0n) is 10.3. The van der Waals surface area contributed by atoms with Crippen LogP contribution in [-0.4, -0.2) is 27.5 Å². The second kappa shape index (κ2) is 6.44. The van der Waals surface area contributed by atoms with Crippen LogP contribution in [0.15, 0.2) is 12.3 Å². The van der Waals surface area contributed by atoms with Crippen LogP contribution in [0, 0.1) is 17.0 Å². The molecule has 1 aromatic heterocycles. The molecule has 0 saturated carbocycles. The predicted octanol–water partition coefficient (Wildman–Crippen LogP) is 2.85. The maximum absolute atomic E-state index is 10.6. The van der Waals surface area contributed by atoms with Gasteiger partial charge >= 0.3 is 0 Å². The zero-order valence-corrected chi connectivity index (χ0v) is 11.1. The Bertz CT molecular complexity index is 398. The summed E-state index contributed by atoms with van der Waals surface area (Å²) in [7, 11) is 0. The Balaban J connectivity index is 2.67. The highest BCUT2D eigenvalue weighted by Gasteiger charge is 2.12. The second-order valence-corrected chi connectivity index (χ2v) is 5.14. The summed E-state index contributed by atoms with van der Waals surface area (Å²) in [6, 6.07) is 2.01. The van der Waals surface area contributed by atoms with E-state index in [1.807, 2.05) is 11.8 Å². The number of aromatic nitrogens is 1. The van der Waals surface area contributed by atoms with Gasteiger partial charge in [-0.25, -0.2) is 4.98 Å². The van der Waals surface area contributed by atoms with Gasteiger partial charge in [-0.2, -0.15) is 11.8 Å². The first-order valence-electron chi connectivity index (χ1n) is 5.50. The van der Waals surface area contributed by atoms with Crippen molar-refractivity contribution in [3.05, 3.63) is 27.9 Å². The van der Waals surface area contributed by atoms with Crippen LogP contribution in [-0.2, 0) is 0 Å². The Morgan fingerprint density at radius 3 is 2.88 bits per heavy atom. The minimum Gasteiger partial charge on any atom is -0.367 e. The normalized spacial score (nSPS) is 12.2. The summed E-state index contributed by atoms with van der Waals surface area (Å²) in [5.74, 6) is 2.77. The van der Waals surface area contributed by atoms with Crippen LogP contribution in [0.4, 0.5) is 11.5 Å². The lowest BCUT2D eigenvalue weighted by atomic mass is 10.2. The monoisotopic (exact) mass is 255 g/mol. The molecule has 0 aliphatic rings. The van der Waals surface area contributed by atoms with Crippen LogP contribution in [0.3, 0.4) is 0 Å². The van der Waals surface area contributed by atoms with Gasteiger partial charge in [0.15, 0.2) is 0 Å². The van der Waals surface area contributed by atoms with Gasteiger partial charge < -0.3 is 5.32 Å². The Hall–Kier alpha value is -1.30. The lowest BCUT2D eigenvalue weighted by Crippen LogP contribution is -2.19. The number of aryl methyl sites for hydroxylation is 1. The molecule has 0 aliphatic heterocycles. The SMILES string of the molecule is CCSCC(C)Nc1cc(C)c([N+](=O)[O-])cn1. The highest BCUT2D eigenvalue weighted by Crippen LogP contribution is 2.19. The van der Waals surface area contributed by atoms with Crippen LogP contribution in [0.1, 0.15) is 19.4 Å². The molecule has 17 heavy (non-hydrogen) atoms. The van der Waals surface area contributed by atoms with E-state index in [9.17, 15) is 10.1 Å². The number of nitrogens with one attached hydrogen (secondary N) is 1. The van der Waals surface area contributed by atoms with Crippen LogP contribution < -0.4 is 5.32 Å². The summed E-state index contributed by atoms with van der Waals surface area (Å²) in [6.45, 7) is 5.91. The van der Waals surface area contributed by atoms with E-state index in [-0.39, 0.29) is 5.69 Å². The van der Waals surface area contributed by atoms with Crippen molar-refractivity contribution in [3.8, 4) is 0 Å². The molecule has 0 radical (unpaired) electrons. The van der Waals surface area contributed by atoms with E-state index >= 15 is 0 Å². The minimum atomic E-state index is -0.414. The van der Waals surface area contributed by atoms with Crippen LogP contribution in [0.2, 0.25) is 0 Å². The van der Waals surface area contributed by atoms with Crippen molar-refractivity contribution in [2.24, 2.45) is 0 Å². The summed E-state index contributed by atoms with van der Waals surface area (Å²) in [5, 5.41) is 13.9. The third-order valence-electron chi connectivity index (χ3n) is 2.25. The van der Waals surface area contributed by atoms with Crippen molar-refractivity contribution in [2.75, 3.05) is 16.8 Å². The summed E-state index contributed by atoms with van der Waals surface area (Å²) in [5.41, 5.74) is 0.689. The average molecular weight is 255 g/mol. The molecule has 94 valence electrons. The number of rotatable bonds is 6. The van der Waals surface area contributed by atoms with Gasteiger partial charge in [0.25, 0.3) is 5.69 Å². The van der Waals surface area contributed by atoms with E-state index in [0.717, 1.165) is 11.5 Å². The standard InChI is InChI=1S/C11H17N3O2S/c1-4-17-7-9(3)13-11-5-8(2)10(6-12-11)14(15)16/h5-6,9H,4,7H2,1-3H3,(H,12,13). The molecule has 0 fully saturated rings.